The molecule has 1 saturated heterocycles. The first-order chi connectivity index (χ1) is 9.32. The molecule has 108 valence electrons. The fourth-order valence-corrected chi connectivity index (χ4v) is 3.39. The van der Waals surface area contributed by atoms with Crippen LogP contribution in [0.3, 0.4) is 0 Å². The van der Waals surface area contributed by atoms with Gasteiger partial charge in [0.05, 0.1) is 17.0 Å². The lowest BCUT2D eigenvalue weighted by Gasteiger charge is -2.26. The van der Waals surface area contributed by atoms with Crippen molar-refractivity contribution >= 4 is 21.9 Å². The van der Waals surface area contributed by atoms with Gasteiger partial charge in [-0.15, -0.1) is 0 Å². The monoisotopic (exact) mass is 298 g/mol. The summed E-state index contributed by atoms with van der Waals surface area (Å²) in [6.07, 6.45) is 0. The van der Waals surface area contributed by atoms with Crippen molar-refractivity contribution in [2.24, 2.45) is 0 Å². The Morgan fingerprint density at radius 3 is 2.70 bits per heavy atom. The Morgan fingerprint density at radius 2 is 2.10 bits per heavy atom. The van der Waals surface area contributed by atoms with Gasteiger partial charge in [0.1, 0.15) is 0 Å². The van der Waals surface area contributed by atoms with E-state index < -0.39 is 16.0 Å². The number of amides is 1. The first-order valence-electron chi connectivity index (χ1n) is 5.93. The van der Waals surface area contributed by atoms with E-state index in [1.54, 1.807) is 6.92 Å². The molecule has 7 nitrogen and oxygen atoms in total. The van der Waals surface area contributed by atoms with Crippen LogP contribution in [0.2, 0.25) is 0 Å². The third-order valence-electron chi connectivity index (χ3n) is 3.08. The van der Waals surface area contributed by atoms with Crippen LogP contribution >= 0.6 is 0 Å². The van der Waals surface area contributed by atoms with Gasteiger partial charge >= 0.3 is 5.97 Å². The van der Waals surface area contributed by atoms with E-state index in [0.717, 1.165) is 10.4 Å². The normalized spacial score (nSPS) is 16.8. The van der Waals surface area contributed by atoms with Crippen LogP contribution in [0.25, 0.3) is 0 Å². The second-order valence-corrected chi connectivity index (χ2v) is 6.41. The zero-order valence-corrected chi connectivity index (χ0v) is 11.6. The van der Waals surface area contributed by atoms with Crippen molar-refractivity contribution in [3.05, 3.63) is 29.3 Å². The summed E-state index contributed by atoms with van der Waals surface area (Å²) in [6, 6.07) is 3.92. The minimum absolute atomic E-state index is 0.0625. The predicted octanol–water partition coefficient (Wildman–Crippen LogP) is -0.186. The molecule has 1 fully saturated rings. The van der Waals surface area contributed by atoms with Crippen LogP contribution in [0.1, 0.15) is 15.9 Å². The Labute approximate surface area is 116 Å². The molecule has 0 bridgehead atoms. The summed E-state index contributed by atoms with van der Waals surface area (Å²) in [5.41, 5.74) is 0.417. The Balaban J connectivity index is 2.41. The van der Waals surface area contributed by atoms with E-state index in [1.165, 1.54) is 12.1 Å². The average molecular weight is 298 g/mol. The maximum Gasteiger partial charge on any atom is 0.335 e. The molecule has 0 aliphatic carbocycles. The van der Waals surface area contributed by atoms with Crippen molar-refractivity contribution < 1.29 is 23.1 Å². The molecular formula is C12H14N2O5S. The van der Waals surface area contributed by atoms with Crippen molar-refractivity contribution in [1.29, 1.82) is 0 Å². The van der Waals surface area contributed by atoms with E-state index in [2.05, 4.69) is 5.32 Å². The number of benzene rings is 1. The van der Waals surface area contributed by atoms with E-state index in [0.29, 0.717) is 5.56 Å². The van der Waals surface area contributed by atoms with Crippen LogP contribution in [-0.4, -0.2) is 49.3 Å². The third-order valence-corrected chi connectivity index (χ3v) is 4.92. The molecular weight excluding hydrogens is 284 g/mol. The Morgan fingerprint density at radius 1 is 1.40 bits per heavy atom. The van der Waals surface area contributed by atoms with Crippen LogP contribution in [0, 0.1) is 6.92 Å². The lowest BCUT2D eigenvalue weighted by Crippen LogP contribution is -2.49. The molecule has 1 aliphatic rings. The molecule has 1 heterocycles. The van der Waals surface area contributed by atoms with Gasteiger partial charge in [-0.2, -0.15) is 4.31 Å². The number of hydrogen-bond acceptors (Lipinski definition) is 4. The summed E-state index contributed by atoms with van der Waals surface area (Å²) >= 11 is 0. The van der Waals surface area contributed by atoms with E-state index in [-0.39, 0.29) is 36.0 Å². The molecule has 0 spiro atoms. The van der Waals surface area contributed by atoms with Crippen LogP contribution in [0.15, 0.2) is 23.1 Å². The number of nitrogens with zero attached hydrogens (tertiary/aromatic N) is 1. The number of nitrogens with one attached hydrogen (secondary N) is 1. The van der Waals surface area contributed by atoms with Gasteiger partial charge in [0.15, 0.2) is 0 Å². The quantitative estimate of drug-likeness (QED) is 0.805. The summed E-state index contributed by atoms with van der Waals surface area (Å²) in [7, 11) is -3.86. The third kappa shape index (κ3) is 2.66. The first-order valence-corrected chi connectivity index (χ1v) is 7.37. The lowest BCUT2D eigenvalue weighted by molar-refractivity contribution is -0.122. The molecule has 2 N–H and O–H groups in total. The summed E-state index contributed by atoms with van der Waals surface area (Å²) in [6.45, 7) is 1.76. The molecule has 0 saturated carbocycles. The molecule has 0 unspecified atom stereocenters. The van der Waals surface area contributed by atoms with Crippen molar-refractivity contribution in [1.82, 2.24) is 9.62 Å². The largest absolute Gasteiger partial charge is 0.478 e. The second kappa shape index (κ2) is 5.22. The lowest BCUT2D eigenvalue weighted by atomic mass is 10.1. The number of aryl methyl sites for hydroxylation is 1. The van der Waals surface area contributed by atoms with Crippen molar-refractivity contribution in [2.45, 2.75) is 11.8 Å². The highest BCUT2D eigenvalue weighted by Gasteiger charge is 2.29. The van der Waals surface area contributed by atoms with Gasteiger partial charge in [-0.3, -0.25) is 4.79 Å². The number of rotatable bonds is 3. The number of carboxylic acids is 1. The van der Waals surface area contributed by atoms with Gasteiger partial charge in [0.2, 0.25) is 15.9 Å². The van der Waals surface area contributed by atoms with Crippen LogP contribution < -0.4 is 5.32 Å². The molecule has 1 aromatic carbocycles. The number of hydrogen-bond donors (Lipinski definition) is 2. The van der Waals surface area contributed by atoms with Gasteiger partial charge in [-0.25, -0.2) is 13.2 Å². The van der Waals surface area contributed by atoms with E-state index in [9.17, 15) is 18.0 Å². The number of piperazine rings is 1. The Bertz CT molecular complexity index is 668. The van der Waals surface area contributed by atoms with Gasteiger partial charge in [-0.05, 0) is 24.6 Å². The molecule has 1 aliphatic heterocycles. The molecule has 0 atom stereocenters. The van der Waals surface area contributed by atoms with E-state index >= 15 is 0 Å². The van der Waals surface area contributed by atoms with Gasteiger partial charge in [-0.1, -0.05) is 6.07 Å². The van der Waals surface area contributed by atoms with E-state index in [1.807, 2.05) is 0 Å². The Hall–Kier alpha value is -1.93. The molecule has 20 heavy (non-hydrogen) atoms. The summed E-state index contributed by atoms with van der Waals surface area (Å²) < 4.78 is 25.8. The van der Waals surface area contributed by atoms with Crippen LogP contribution in [0.4, 0.5) is 0 Å². The summed E-state index contributed by atoms with van der Waals surface area (Å²) in [5, 5.41) is 11.6. The number of sulfonamides is 1. The molecule has 1 aromatic rings. The van der Waals surface area contributed by atoms with Gasteiger partial charge < -0.3 is 10.4 Å². The van der Waals surface area contributed by atoms with Crippen LogP contribution in [0.5, 0.6) is 0 Å². The maximum atomic E-state index is 12.4. The predicted molar refractivity (Wildman–Crippen MR) is 69.9 cm³/mol. The highest BCUT2D eigenvalue weighted by Crippen LogP contribution is 2.20. The number of aromatic carboxylic acids is 1. The molecule has 2 rings (SSSR count). The average Bonchev–Trinajstić information content (AvgIpc) is 2.38. The summed E-state index contributed by atoms with van der Waals surface area (Å²) in [4.78, 5) is 22.2. The minimum atomic E-state index is -3.86. The van der Waals surface area contributed by atoms with Crippen molar-refractivity contribution in [3.8, 4) is 0 Å². The number of carbonyl (C=O) groups is 2. The number of carboxylic acid groups (broad SMARTS) is 1. The number of carbonyl (C=O) groups excluding carboxylic acids is 1. The fourth-order valence-electron chi connectivity index (χ4n) is 1.96. The molecule has 1 amide bonds. The SMILES string of the molecule is Cc1ccc(S(=O)(=O)N2CCNC(=O)C2)cc1C(=O)O. The zero-order chi connectivity index (χ0) is 14.9. The maximum absolute atomic E-state index is 12.4. The van der Waals surface area contributed by atoms with Crippen LogP contribution in [-0.2, 0) is 14.8 Å². The topological polar surface area (TPSA) is 104 Å². The second-order valence-electron chi connectivity index (χ2n) is 4.47. The minimum Gasteiger partial charge on any atom is -0.478 e. The van der Waals surface area contributed by atoms with Crippen molar-refractivity contribution in [3.63, 3.8) is 0 Å². The zero-order valence-electron chi connectivity index (χ0n) is 10.8. The molecule has 8 heteroatoms. The molecule has 0 radical (unpaired) electrons. The van der Waals surface area contributed by atoms with Gasteiger partial charge in [0, 0.05) is 13.1 Å². The van der Waals surface area contributed by atoms with E-state index in [4.69, 9.17) is 5.11 Å². The fraction of sp³-hybridized carbons (Fsp3) is 0.333. The highest BCUT2D eigenvalue weighted by molar-refractivity contribution is 7.89. The first kappa shape index (κ1) is 14.5. The van der Waals surface area contributed by atoms with Crippen molar-refractivity contribution in [2.75, 3.05) is 19.6 Å². The smallest absolute Gasteiger partial charge is 0.335 e. The summed E-state index contributed by atoms with van der Waals surface area (Å²) in [5.74, 6) is -1.55. The Kier molecular flexibility index (Phi) is 3.78. The highest BCUT2D eigenvalue weighted by atomic mass is 32.2. The standard InChI is InChI=1S/C12H14N2O5S/c1-8-2-3-9(6-10(8)12(16)17)20(18,19)14-5-4-13-11(15)7-14/h2-3,6H,4-5,7H2,1H3,(H,13,15)(H,16,17). The van der Waals surface area contributed by atoms with Gasteiger partial charge in [0.25, 0.3) is 0 Å². The molecule has 0 aromatic heterocycles.